The second-order valence-corrected chi connectivity index (χ2v) is 9.04. The Labute approximate surface area is 201 Å². The zero-order chi connectivity index (χ0) is 22.3. The third kappa shape index (κ3) is 5.79. The molecule has 8 heteroatoms. The first-order valence-corrected chi connectivity index (χ1v) is 11.8. The SMILES string of the molecule is COc1ccc(-c2noc(CN(C(=O)COc3ccc(I)cc3)C3CCCCC3)n2)cc1. The van der Waals surface area contributed by atoms with E-state index in [-0.39, 0.29) is 25.1 Å². The van der Waals surface area contributed by atoms with Crippen LogP contribution in [0.4, 0.5) is 0 Å². The molecule has 32 heavy (non-hydrogen) atoms. The van der Waals surface area contributed by atoms with E-state index in [1.54, 1.807) is 7.11 Å². The first-order valence-electron chi connectivity index (χ1n) is 10.8. The molecule has 1 aromatic heterocycles. The van der Waals surface area contributed by atoms with Gasteiger partial charge in [0.1, 0.15) is 18.0 Å². The van der Waals surface area contributed by atoms with E-state index in [1.165, 1.54) is 6.42 Å². The molecule has 0 radical (unpaired) electrons. The van der Waals surface area contributed by atoms with Gasteiger partial charge < -0.3 is 18.9 Å². The minimum Gasteiger partial charge on any atom is -0.497 e. The molecule has 0 unspecified atom stereocenters. The first-order chi connectivity index (χ1) is 15.6. The van der Waals surface area contributed by atoms with E-state index in [9.17, 15) is 4.79 Å². The Hall–Kier alpha value is -2.62. The molecule has 3 aromatic rings. The molecule has 7 nitrogen and oxygen atoms in total. The quantitative estimate of drug-likeness (QED) is 0.366. The summed E-state index contributed by atoms with van der Waals surface area (Å²) in [6, 6.07) is 15.3. The molecule has 1 aliphatic carbocycles. The van der Waals surface area contributed by atoms with E-state index in [0.29, 0.717) is 17.5 Å². The normalized spacial score (nSPS) is 14.2. The fourth-order valence-corrected chi connectivity index (χ4v) is 4.25. The number of rotatable bonds is 8. The fourth-order valence-electron chi connectivity index (χ4n) is 3.89. The molecule has 1 fully saturated rings. The molecular weight excluding hydrogens is 521 g/mol. The van der Waals surface area contributed by atoms with Crippen LogP contribution >= 0.6 is 22.6 Å². The summed E-state index contributed by atoms with van der Waals surface area (Å²) in [4.78, 5) is 19.5. The molecule has 1 aliphatic rings. The summed E-state index contributed by atoms with van der Waals surface area (Å²) in [5, 5.41) is 4.10. The molecule has 1 heterocycles. The lowest BCUT2D eigenvalue weighted by Gasteiger charge is -2.33. The summed E-state index contributed by atoms with van der Waals surface area (Å²) in [5.74, 6) is 2.29. The molecule has 0 atom stereocenters. The van der Waals surface area contributed by atoms with Crippen molar-refractivity contribution in [2.75, 3.05) is 13.7 Å². The number of ether oxygens (including phenoxy) is 2. The van der Waals surface area contributed by atoms with E-state index < -0.39 is 0 Å². The van der Waals surface area contributed by atoms with E-state index in [0.717, 1.165) is 40.6 Å². The van der Waals surface area contributed by atoms with Crippen LogP contribution in [0, 0.1) is 3.57 Å². The Bertz CT molecular complexity index is 1010. The molecule has 0 spiro atoms. The van der Waals surface area contributed by atoms with Crippen molar-refractivity contribution in [2.24, 2.45) is 0 Å². The number of aromatic nitrogens is 2. The molecule has 4 rings (SSSR count). The van der Waals surface area contributed by atoms with Crippen LogP contribution in [0.5, 0.6) is 11.5 Å². The number of hydrogen-bond acceptors (Lipinski definition) is 6. The second kappa shape index (κ2) is 10.8. The van der Waals surface area contributed by atoms with Crippen LogP contribution < -0.4 is 9.47 Å². The van der Waals surface area contributed by atoms with Crippen LogP contribution in [0.15, 0.2) is 53.1 Å². The number of halogens is 1. The first kappa shape index (κ1) is 22.6. The lowest BCUT2D eigenvalue weighted by atomic mass is 9.94. The molecule has 1 saturated carbocycles. The Morgan fingerprint density at radius 1 is 1.06 bits per heavy atom. The van der Waals surface area contributed by atoms with Gasteiger partial charge in [0, 0.05) is 15.2 Å². The van der Waals surface area contributed by atoms with Crippen molar-refractivity contribution in [3.8, 4) is 22.9 Å². The van der Waals surface area contributed by atoms with Crippen molar-refractivity contribution in [1.29, 1.82) is 0 Å². The fraction of sp³-hybridized carbons (Fsp3) is 0.375. The third-order valence-electron chi connectivity index (χ3n) is 5.63. The number of carbonyl (C=O) groups excluding carboxylic acids is 1. The van der Waals surface area contributed by atoms with E-state index in [1.807, 2.05) is 53.4 Å². The van der Waals surface area contributed by atoms with E-state index >= 15 is 0 Å². The Balaban J connectivity index is 1.46. The van der Waals surface area contributed by atoms with Crippen LogP contribution in [-0.4, -0.2) is 40.7 Å². The van der Waals surface area contributed by atoms with E-state index in [2.05, 4.69) is 32.7 Å². The van der Waals surface area contributed by atoms with Gasteiger partial charge in [0.15, 0.2) is 6.61 Å². The number of hydrogen-bond donors (Lipinski definition) is 0. The highest BCUT2D eigenvalue weighted by atomic mass is 127. The van der Waals surface area contributed by atoms with Gasteiger partial charge in [0.25, 0.3) is 5.91 Å². The standard InChI is InChI=1S/C24H26IN3O4/c1-30-20-11-7-17(8-12-20)24-26-22(32-27-24)15-28(19-5-3-2-4-6-19)23(29)16-31-21-13-9-18(25)10-14-21/h7-14,19H,2-6,15-16H2,1H3. The summed E-state index contributed by atoms with van der Waals surface area (Å²) in [6.45, 7) is 0.263. The molecule has 0 bridgehead atoms. The maximum atomic E-state index is 13.1. The predicted octanol–water partition coefficient (Wildman–Crippen LogP) is 5.09. The largest absolute Gasteiger partial charge is 0.497 e. The van der Waals surface area contributed by atoms with E-state index in [4.69, 9.17) is 14.0 Å². The van der Waals surface area contributed by atoms with Crippen LogP contribution in [0.3, 0.4) is 0 Å². The zero-order valence-corrected chi connectivity index (χ0v) is 20.2. The molecule has 0 N–H and O–H groups in total. The topological polar surface area (TPSA) is 77.7 Å². The van der Waals surface area contributed by atoms with Gasteiger partial charge in [-0.2, -0.15) is 4.98 Å². The van der Waals surface area contributed by atoms with Crippen molar-refractivity contribution in [2.45, 2.75) is 44.7 Å². The average molecular weight is 547 g/mol. The van der Waals surface area contributed by atoms with Crippen molar-refractivity contribution < 1.29 is 18.8 Å². The third-order valence-corrected chi connectivity index (χ3v) is 6.35. The summed E-state index contributed by atoms with van der Waals surface area (Å²) < 4.78 is 17.6. The molecular formula is C24H26IN3O4. The summed E-state index contributed by atoms with van der Waals surface area (Å²) >= 11 is 2.24. The van der Waals surface area contributed by atoms with Crippen LogP contribution in [0.2, 0.25) is 0 Å². The van der Waals surface area contributed by atoms with Crippen molar-refractivity contribution in [1.82, 2.24) is 15.0 Å². The number of amides is 1. The van der Waals surface area contributed by atoms with Gasteiger partial charge >= 0.3 is 0 Å². The molecule has 168 valence electrons. The number of methoxy groups -OCH3 is 1. The van der Waals surface area contributed by atoms with Gasteiger partial charge in [-0.3, -0.25) is 4.79 Å². The van der Waals surface area contributed by atoms with Crippen molar-refractivity contribution >= 4 is 28.5 Å². The van der Waals surface area contributed by atoms with Gasteiger partial charge in [-0.25, -0.2) is 0 Å². The van der Waals surface area contributed by atoms with Gasteiger partial charge in [-0.15, -0.1) is 0 Å². The number of benzene rings is 2. The highest BCUT2D eigenvalue weighted by Crippen LogP contribution is 2.25. The molecule has 0 aliphatic heterocycles. The zero-order valence-electron chi connectivity index (χ0n) is 18.0. The van der Waals surface area contributed by atoms with Crippen LogP contribution in [0.25, 0.3) is 11.4 Å². The van der Waals surface area contributed by atoms with Crippen LogP contribution in [0.1, 0.15) is 38.0 Å². The van der Waals surface area contributed by atoms with Gasteiger partial charge in [-0.1, -0.05) is 24.4 Å². The second-order valence-electron chi connectivity index (χ2n) is 7.80. The Morgan fingerprint density at radius 2 is 1.75 bits per heavy atom. The maximum absolute atomic E-state index is 13.1. The smallest absolute Gasteiger partial charge is 0.261 e. The summed E-state index contributed by atoms with van der Waals surface area (Å²) in [5.41, 5.74) is 0.832. The lowest BCUT2D eigenvalue weighted by Crippen LogP contribution is -2.43. The van der Waals surface area contributed by atoms with Gasteiger partial charge in [0.05, 0.1) is 7.11 Å². The molecule has 0 saturated heterocycles. The average Bonchev–Trinajstić information content (AvgIpc) is 3.31. The maximum Gasteiger partial charge on any atom is 0.261 e. The van der Waals surface area contributed by atoms with Gasteiger partial charge in [-0.05, 0) is 84.0 Å². The molecule has 2 aromatic carbocycles. The molecule has 1 amide bonds. The summed E-state index contributed by atoms with van der Waals surface area (Å²) in [7, 11) is 1.63. The lowest BCUT2D eigenvalue weighted by molar-refractivity contribution is -0.137. The van der Waals surface area contributed by atoms with Crippen molar-refractivity contribution in [3.05, 3.63) is 58.0 Å². The van der Waals surface area contributed by atoms with Crippen molar-refractivity contribution in [3.63, 3.8) is 0 Å². The predicted molar refractivity (Wildman–Crippen MR) is 128 cm³/mol. The summed E-state index contributed by atoms with van der Waals surface area (Å²) in [6.07, 6.45) is 5.41. The Kier molecular flexibility index (Phi) is 7.62. The number of nitrogens with zero attached hydrogens (tertiary/aromatic N) is 3. The minimum atomic E-state index is -0.0698. The van der Waals surface area contributed by atoms with Crippen LogP contribution in [-0.2, 0) is 11.3 Å². The highest BCUT2D eigenvalue weighted by molar-refractivity contribution is 14.1. The monoisotopic (exact) mass is 547 g/mol. The minimum absolute atomic E-state index is 0.0173. The van der Waals surface area contributed by atoms with Gasteiger partial charge in [0.2, 0.25) is 11.7 Å². The highest BCUT2D eigenvalue weighted by Gasteiger charge is 2.28. The Morgan fingerprint density at radius 3 is 2.44 bits per heavy atom. The number of carbonyl (C=O) groups is 1.